The van der Waals surface area contributed by atoms with Crippen LogP contribution in [0.15, 0.2) is 29.2 Å². The van der Waals surface area contributed by atoms with Gasteiger partial charge in [-0.15, -0.1) is 0 Å². The van der Waals surface area contributed by atoms with Crippen LogP contribution in [0.4, 0.5) is 11.5 Å². The van der Waals surface area contributed by atoms with Crippen LogP contribution >= 0.6 is 0 Å². The number of aromatic nitrogens is 2. The molecule has 1 aliphatic carbocycles. The molecule has 10 heteroatoms. The molecular formula is C23H30N4O6. The van der Waals surface area contributed by atoms with Gasteiger partial charge in [-0.1, -0.05) is 0 Å². The highest BCUT2D eigenvalue weighted by atomic mass is 16.6. The Labute approximate surface area is 192 Å². The van der Waals surface area contributed by atoms with Crippen LogP contribution in [0.1, 0.15) is 44.0 Å². The van der Waals surface area contributed by atoms with E-state index in [4.69, 9.17) is 19.9 Å². The van der Waals surface area contributed by atoms with E-state index in [0.717, 1.165) is 12.8 Å². The van der Waals surface area contributed by atoms with Crippen LogP contribution in [0, 0.1) is 0 Å². The third-order valence-electron chi connectivity index (χ3n) is 4.69. The lowest BCUT2D eigenvalue weighted by atomic mass is 10.1. The molecule has 0 unspecified atom stereocenters. The SMILES string of the molecule is COCCOC(=O)c1cc(N)cc(-c2cnc(NC3CC3)c(=O)n2CC(=O)OC(C)(C)C)c1. The van der Waals surface area contributed by atoms with Gasteiger partial charge >= 0.3 is 11.9 Å². The van der Waals surface area contributed by atoms with E-state index in [1.807, 2.05) is 0 Å². The molecule has 1 aromatic carbocycles. The standard InChI is InChI=1S/C23H30N4O6/c1-23(2,3)33-19(28)13-27-18(12-25-20(21(27)29)26-17-5-6-17)14-9-15(11-16(24)10-14)22(30)32-8-7-31-4/h9-12,17H,5-8,13,24H2,1-4H3,(H,25,26). The van der Waals surface area contributed by atoms with Gasteiger partial charge in [-0.3, -0.25) is 14.2 Å². The van der Waals surface area contributed by atoms with Gasteiger partial charge in [-0.05, 0) is 51.8 Å². The van der Waals surface area contributed by atoms with E-state index in [9.17, 15) is 14.4 Å². The van der Waals surface area contributed by atoms with Gasteiger partial charge in [0.25, 0.3) is 5.56 Å². The number of nitrogens with zero attached hydrogens (tertiary/aromatic N) is 2. The predicted molar refractivity (Wildman–Crippen MR) is 123 cm³/mol. The second-order valence-electron chi connectivity index (χ2n) is 8.86. The van der Waals surface area contributed by atoms with E-state index in [2.05, 4.69) is 10.3 Å². The first-order valence-corrected chi connectivity index (χ1v) is 10.7. The van der Waals surface area contributed by atoms with E-state index in [-0.39, 0.29) is 37.2 Å². The molecule has 3 N–H and O–H groups in total. The average molecular weight is 459 g/mol. The second-order valence-corrected chi connectivity index (χ2v) is 8.86. The number of carbonyl (C=O) groups is 2. The highest BCUT2D eigenvalue weighted by Crippen LogP contribution is 2.26. The molecule has 3 rings (SSSR count). The van der Waals surface area contributed by atoms with Crippen molar-refractivity contribution in [1.82, 2.24) is 9.55 Å². The van der Waals surface area contributed by atoms with E-state index in [1.165, 1.54) is 23.9 Å². The van der Waals surface area contributed by atoms with Gasteiger partial charge < -0.3 is 25.3 Å². The Morgan fingerprint density at radius 1 is 1.21 bits per heavy atom. The molecule has 1 fully saturated rings. The summed E-state index contributed by atoms with van der Waals surface area (Å²) in [5.74, 6) is -0.993. The number of methoxy groups -OCH3 is 1. The van der Waals surface area contributed by atoms with Gasteiger partial charge in [-0.25, -0.2) is 9.78 Å². The number of hydrogen-bond acceptors (Lipinski definition) is 9. The summed E-state index contributed by atoms with van der Waals surface area (Å²) in [4.78, 5) is 42.5. The maximum absolute atomic E-state index is 13.2. The molecule has 1 heterocycles. The van der Waals surface area contributed by atoms with Gasteiger partial charge in [0.15, 0.2) is 5.82 Å². The quantitative estimate of drug-likeness (QED) is 0.329. The summed E-state index contributed by atoms with van der Waals surface area (Å²) in [7, 11) is 1.51. The number of rotatable bonds is 9. The zero-order chi connectivity index (χ0) is 24.2. The first-order chi connectivity index (χ1) is 15.6. The molecule has 1 aromatic heterocycles. The van der Waals surface area contributed by atoms with Gasteiger partial charge in [0.05, 0.1) is 24.1 Å². The van der Waals surface area contributed by atoms with Crippen molar-refractivity contribution >= 4 is 23.4 Å². The van der Waals surface area contributed by atoms with Gasteiger partial charge in [0.2, 0.25) is 0 Å². The molecule has 33 heavy (non-hydrogen) atoms. The van der Waals surface area contributed by atoms with Crippen molar-refractivity contribution in [3.8, 4) is 11.3 Å². The lowest BCUT2D eigenvalue weighted by Gasteiger charge is -2.21. The molecular weight excluding hydrogens is 428 g/mol. The number of anilines is 2. The van der Waals surface area contributed by atoms with Crippen LogP contribution in [-0.4, -0.2) is 53.5 Å². The first kappa shape index (κ1) is 24.2. The monoisotopic (exact) mass is 458 g/mol. The zero-order valence-electron chi connectivity index (χ0n) is 19.3. The largest absolute Gasteiger partial charge is 0.460 e. The Morgan fingerprint density at radius 2 is 1.94 bits per heavy atom. The molecule has 0 saturated heterocycles. The molecule has 0 spiro atoms. The maximum Gasteiger partial charge on any atom is 0.338 e. The lowest BCUT2D eigenvalue weighted by Crippen LogP contribution is -2.33. The highest BCUT2D eigenvalue weighted by Gasteiger charge is 2.25. The van der Waals surface area contributed by atoms with Crippen molar-refractivity contribution in [2.75, 3.05) is 31.4 Å². The first-order valence-electron chi connectivity index (χ1n) is 10.7. The third-order valence-corrected chi connectivity index (χ3v) is 4.69. The predicted octanol–water partition coefficient (Wildman–Crippen LogP) is 2.21. The summed E-state index contributed by atoms with van der Waals surface area (Å²) in [6, 6.07) is 4.82. The zero-order valence-corrected chi connectivity index (χ0v) is 19.3. The van der Waals surface area contributed by atoms with Crippen molar-refractivity contribution in [2.45, 2.75) is 51.8 Å². The van der Waals surface area contributed by atoms with Crippen LogP contribution in [0.5, 0.6) is 0 Å². The van der Waals surface area contributed by atoms with Crippen LogP contribution in [-0.2, 0) is 25.5 Å². The molecule has 0 amide bonds. The molecule has 178 valence electrons. The van der Waals surface area contributed by atoms with Gasteiger partial charge in [0, 0.05) is 24.4 Å². The van der Waals surface area contributed by atoms with Crippen LogP contribution in [0.25, 0.3) is 11.3 Å². The van der Waals surface area contributed by atoms with Crippen LogP contribution in [0.3, 0.4) is 0 Å². The Bertz CT molecular complexity index is 1090. The molecule has 1 aliphatic rings. The topological polar surface area (TPSA) is 135 Å². The summed E-state index contributed by atoms with van der Waals surface area (Å²) in [6.07, 6.45) is 3.39. The normalized spacial score (nSPS) is 13.5. The number of nitrogen functional groups attached to an aromatic ring is 1. The Kier molecular flexibility index (Phi) is 7.37. The van der Waals surface area contributed by atoms with Crippen molar-refractivity contribution in [1.29, 1.82) is 0 Å². The number of ether oxygens (including phenoxy) is 3. The van der Waals surface area contributed by atoms with Crippen LogP contribution < -0.4 is 16.6 Å². The second kappa shape index (κ2) is 10.0. The number of carbonyl (C=O) groups excluding carboxylic acids is 2. The Morgan fingerprint density at radius 3 is 2.58 bits per heavy atom. The minimum absolute atomic E-state index is 0.0892. The number of esters is 2. The molecule has 0 aliphatic heterocycles. The Hall–Kier alpha value is -3.40. The minimum atomic E-state index is -0.709. The number of nitrogens with one attached hydrogen (secondary N) is 1. The van der Waals surface area contributed by atoms with Crippen LogP contribution in [0.2, 0.25) is 0 Å². The molecule has 10 nitrogen and oxygen atoms in total. The smallest absolute Gasteiger partial charge is 0.338 e. The number of benzene rings is 1. The Balaban J connectivity index is 2.00. The number of nitrogens with two attached hydrogens (primary N) is 1. The molecule has 0 atom stereocenters. The molecule has 0 bridgehead atoms. The highest BCUT2D eigenvalue weighted by molar-refractivity contribution is 5.92. The van der Waals surface area contributed by atoms with E-state index >= 15 is 0 Å². The summed E-state index contributed by atoms with van der Waals surface area (Å²) in [5.41, 5.74) is 6.12. The average Bonchev–Trinajstić information content (AvgIpc) is 3.53. The van der Waals surface area contributed by atoms with Gasteiger partial charge in [0.1, 0.15) is 18.8 Å². The van der Waals surface area contributed by atoms with Crippen molar-refractivity contribution in [2.24, 2.45) is 0 Å². The lowest BCUT2D eigenvalue weighted by molar-refractivity contribution is -0.155. The third kappa shape index (κ3) is 6.79. The van der Waals surface area contributed by atoms with Crippen molar-refractivity contribution in [3.63, 3.8) is 0 Å². The maximum atomic E-state index is 13.2. The molecule has 0 radical (unpaired) electrons. The summed E-state index contributed by atoms with van der Waals surface area (Å²) < 4.78 is 16.7. The fourth-order valence-corrected chi connectivity index (χ4v) is 3.12. The summed E-state index contributed by atoms with van der Waals surface area (Å²) >= 11 is 0. The van der Waals surface area contributed by atoms with Gasteiger partial charge in [-0.2, -0.15) is 0 Å². The van der Waals surface area contributed by atoms with Crippen molar-refractivity contribution < 1.29 is 23.8 Å². The fourth-order valence-electron chi connectivity index (χ4n) is 3.12. The van der Waals surface area contributed by atoms with E-state index in [0.29, 0.717) is 16.9 Å². The van der Waals surface area contributed by atoms with Crippen molar-refractivity contribution in [3.05, 3.63) is 40.3 Å². The summed E-state index contributed by atoms with van der Waals surface area (Å²) in [6.45, 7) is 5.28. The van der Waals surface area contributed by atoms with E-state index in [1.54, 1.807) is 32.9 Å². The van der Waals surface area contributed by atoms with E-state index < -0.39 is 23.1 Å². The molecule has 2 aromatic rings. The summed E-state index contributed by atoms with van der Waals surface area (Å²) in [5, 5.41) is 3.09. The molecule has 1 saturated carbocycles. The minimum Gasteiger partial charge on any atom is -0.460 e. The fraction of sp³-hybridized carbons (Fsp3) is 0.478. The number of hydrogen-bond donors (Lipinski definition) is 2.